The van der Waals surface area contributed by atoms with E-state index in [1.54, 1.807) is 12.1 Å². The van der Waals surface area contributed by atoms with Crippen molar-refractivity contribution in [3.05, 3.63) is 69.7 Å². The van der Waals surface area contributed by atoms with E-state index < -0.39 is 5.76 Å². The monoisotopic (exact) mass is 273 g/mol. The molecule has 0 radical (unpaired) electrons. The number of oxazole rings is 1. The van der Waals surface area contributed by atoms with Crippen molar-refractivity contribution in [3.63, 3.8) is 0 Å². The van der Waals surface area contributed by atoms with Crippen LogP contribution in [0, 0.1) is 6.92 Å². The number of aromatic nitrogens is 1. The summed E-state index contributed by atoms with van der Waals surface area (Å²) >= 11 is 6.48. The molecule has 3 nitrogen and oxygen atoms in total. The molecule has 3 rings (SSSR count). The van der Waals surface area contributed by atoms with Crippen LogP contribution in [-0.4, -0.2) is 4.98 Å². The van der Waals surface area contributed by atoms with Gasteiger partial charge >= 0.3 is 5.76 Å². The van der Waals surface area contributed by atoms with E-state index in [2.05, 4.69) is 11.1 Å². The number of H-pyrrole nitrogens is 1. The molecule has 0 amide bonds. The highest BCUT2D eigenvalue weighted by Gasteiger charge is 2.12. The quantitative estimate of drug-likeness (QED) is 0.723. The smallest absolute Gasteiger partial charge is 0.408 e. The number of alkyl halides is 1. The van der Waals surface area contributed by atoms with Gasteiger partial charge in [-0.2, -0.15) is 0 Å². The minimum absolute atomic E-state index is 0.260. The fourth-order valence-electron chi connectivity index (χ4n) is 2.14. The molecule has 0 saturated carbocycles. The SMILES string of the molecule is Cc1cccc(C(Cl)c2ccc3[nH]c(=O)oc3c2)c1. The lowest BCUT2D eigenvalue weighted by Gasteiger charge is -2.10. The third-order valence-electron chi connectivity index (χ3n) is 3.07. The molecule has 1 atom stereocenters. The highest BCUT2D eigenvalue weighted by Crippen LogP contribution is 2.30. The summed E-state index contributed by atoms with van der Waals surface area (Å²) in [5.74, 6) is -0.450. The Morgan fingerprint density at radius 1 is 1.16 bits per heavy atom. The molecule has 1 aromatic heterocycles. The second kappa shape index (κ2) is 4.59. The van der Waals surface area contributed by atoms with E-state index in [4.69, 9.17) is 16.0 Å². The number of halogens is 1. The van der Waals surface area contributed by atoms with Crippen molar-refractivity contribution in [2.45, 2.75) is 12.3 Å². The van der Waals surface area contributed by atoms with Gasteiger partial charge in [-0.1, -0.05) is 35.9 Å². The molecule has 0 aliphatic rings. The van der Waals surface area contributed by atoms with E-state index in [0.717, 1.165) is 16.7 Å². The Kier molecular flexibility index (Phi) is 2.91. The van der Waals surface area contributed by atoms with Crippen LogP contribution >= 0.6 is 11.6 Å². The summed E-state index contributed by atoms with van der Waals surface area (Å²) in [4.78, 5) is 13.7. The van der Waals surface area contributed by atoms with Crippen molar-refractivity contribution < 1.29 is 4.42 Å². The Hall–Kier alpha value is -2.00. The van der Waals surface area contributed by atoms with Crippen LogP contribution in [0.25, 0.3) is 11.1 Å². The predicted molar refractivity (Wildman–Crippen MR) is 75.7 cm³/mol. The molecule has 3 aromatic rings. The van der Waals surface area contributed by atoms with Crippen LogP contribution in [-0.2, 0) is 0 Å². The first-order valence-electron chi connectivity index (χ1n) is 5.97. The number of nitrogens with one attached hydrogen (secondary N) is 1. The van der Waals surface area contributed by atoms with Gasteiger partial charge in [0.1, 0.15) is 0 Å². The van der Waals surface area contributed by atoms with E-state index in [-0.39, 0.29) is 5.38 Å². The molecule has 0 bridgehead atoms. The first-order valence-corrected chi connectivity index (χ1v) is 6.40. The van der Waals surface area contributed by atoms with Gasteiger partial charge in [0.25, 0.3) is 0 Å². The molecule has 0 aliphatic heterocycles. The van der Waals surface area contributed by atoms with Gasteiger partial charge in [-0.15, -0.1) is 11.6 Å². The minimum Gasteiger partial charge on any atom is -0.408 e. The van der Waals surface area contributed by atoms with Crippen LogP contribution in [0.2, 0.25) is 0 Å². The summed E-state index contributed by atoms with van der Waals surface area (Å²) in [5, 5.41) is -0.260. The molecule has 19 heavy (non-hydrogen) atoms. The number of hydrogen-bond donors (Lipinski definition) is 1. The van der Waals surface area contributed by atoms with Gasteiger partial charge in [-0.05, 0) is 30.2 Å². The zero-order chi connectivity index (χ0) is 13.4. The van der Waals surface area contributed by atoms with Crippen molar-refractivity contribution in [2.75, 3.05) is 0 Å². The van der Waals surface area contributed by atoms with Crippen molar-refractivity contribution in [1.29, 1.82) is 0 Å². The standard InChI is InChI=1S/C15H12ClNO2/c1-9-3-2-4-10(7-9)14(16)11-5-6-12-13(8-11)19-15(18)17-12/h2-8,14H,1H3,(H,17,18). The van der Waals surface area contributed by atoms with E-state index in [1.807, 2.05) is 31.2 Å². The summed E-state index contributed by atoms with van der Waals surface area (Å²) in [7, 11) is 0. The summed E-state index contributed by atoms with van der Waals surface area (Å²) in [5.41, 5.74) is 4.31. The highest BCUT2D eigenvalue weighted by molar-refractivity contribution is 6.22. The van der Waals surface area contributed by atoms with E-state index in [0.29, 0.717) is 11.1 Å². The van der Waals surface area contributed by atoms with Gasteiger partial charge in [0.15, 0.2) is 5.58 Å². The van der Waals surface area contributed by atoms with Crippen molar-refractivity contribution >= 4 is 22.7 Å². The number of hydrogen-bond acceptors (Lipinski definition) is 2. The van der Waals surface area contributed by atoms with Crippen LogP contribution in [0.15, 0.2) is 51.7 Å². The van der Waals surface area contributed by atoms with E-state index in [1.165, 1.54) is 0 Å². The number of benzene rings is 2. The minimum atomic E-state index is -0.450. The molecule has 0 saturated heterocycles. The van der Waals surface area contributed by atoms with Crippen LogP contribution < -0.4 is 5.76 Å². The Bertz CT molecular complexity index is 788. The van der Waals surface area contributed by atoms with Gasteiger partial charge in [0.05, 0.1) is 10.9 Å². The average Bonchev–Trinajstić information content (AvgIpc) is 2.76. The number of aromatic amines is 1. The van der Waals surface area contributed by atoms with Gasteiger partial charge < -0.3 is 4.42 Å². The molecule has 1 heterocycles. The Morgan fingerprint density at radius 2 is 1.95 bits per heavy atom. The normalized spacial score (nSPS) is 12.7. The van der Waals surface area contributed by atoms with Crippen LogP contribution in [0.5, 0.6) is 0 Å². The predicted octanol–water partition coefficient (Wildman–Crippen LogP) is 3.76. The van der Waals surface area contributed by atoms with Gasteiger partial charge in [-0.25, -0.2) is 4.79 Å². The molecule has 2 aromatic carbocycles. The first kappa shape index (κ1) is 12.1. The van der Waals surface area contributed by atoms with Gasteiger partial charge in [0.2, 0.25) is 0 Å². The average molecular weight is 274 g/mol. The first-order chi connectivity index (χ1) is 9.13. The number of aryl methyl sites for hydroxylation is 1. The lowest BCUT2D eigenvalue weighted by molar-refractivity contribution is 0.555. The molecule has 1 unspecified atom stereocenters. The van der Waals surface area contributed by atoms with Crippen LogP contribution in [0.3, 0.4) is 0 Å². The van der Waals surface area contributed by atoms with Gasteiger partial charge in [-0.3, -0.25) is 4.98 Å². The molecule has 0 aliphatic carbocycles. The molecule has 0 spiro atoms. The molecule has 4 heteroatoms. The fourth-order valence-corrected chi connectivity index (χ4v) is 2.41. The second-order valence-corrected chi connectivity index (χ2v) is 4.98. The Balaban J connectivity index is 2.05. The molecular formula is C15H12ClNO2. The summed E-state index contributed by atoms with van der Waals surface area (Å²) in [6.45, 7) is 2.03. The molecule has 0 fully saturated rings. The molecule has 96 valence electrons. The largest absolute Gasteiger partial charge is 0.417 e. The highest BCUT2D eigenvalue weighted by atomic mass is 35.5. The zero-order valence-corrected chi connectivity index (χ0v) is 11.1. The van der Waals surface area contributed by atoms with E-state index in [9.17, 15) is 4.79 Å². The molecular weight excluding hydrogens is 262 g/mol. The lowest BCUT2D eigenvalue weighted by atomic mass is 10.0. The molecule has 1 N–H and O–H groups in total. The van der Waals surface area contributed by atoms with Crippen molar-refractivity contribution in [3.8, 4) is 0 Å². The maximum absolute atomic E-state index is 11.1. The van der Waals surface area contributed by atoms with Gasteiger partial charge in [0, 0.05) is 0 Å². The lowest BCUT2D eigenvalue weighted by Crippen LogP contribution is -1.93. The maximum Gasteiger partial charge on any atom is 0.417 e. The maximum atomic E-state index is 11.1. The van der Waals surface area contributed by atoms with Crippen LogP contribution in [0.1, 0.15) is 22.1 Å². The number of fused-ring (bicyclic) bond motifs is 1. The fraction of sp³-hybridized carbons (Fsp3) is 0.133. The summed E-state index contributed by atoms with van der Waals surface area (Å²) in [6.07, 6.45) is 0. The Labute approximate surface area is 114 Å². The second-order valence-electron chi connectivity index (χ2n) is 4.55. The van der Waals surface area contributed by atoms with Crippen LogP contribution in [0.4, 0.5) is 0 Å². The third kappa shape index (κ3) is 2.29. The summed E-state index contributed by atoms with van der Waals surface area (Å²) in [6, 6.07) is 13.6. The zero-order valence-electron chi connectivity index (χ0n) is 10.3. The Morgan fingerprint density at radius 3 is 2.74 bits per heavy atom. The topological polar surface area (TPSA) is 46.0 Å². The summed E-state index contributed by atoms with van der Waals surface area (Å²) < 4.78 is 5.05. The van der Waals surface area contributed by atoms with E-state index >= 15 is 0 Å². The third-order valence-corrected chi connectivity index (χ3v) is 3.58. The number of rotatable bonds is 2. The van der Waals surface area contributed by atoms with Crippen molar-refractivity contribution in [2.24, 2.45) is 0 Å². The van der Waals surface area contributed by atoms with Crippen molar-refractivity contribution in [1.82, 2.24) is 4.98 Å².